The van der Waals surface area contributed by atoms with E-state index in [1.807, 2.05) is 6.92 Å². The minimum absolute atomic E-state index is 0.214. The number of amides is 2. The van der Waals surface area contributed by atoms with Crippen molar-refractivity contribution in [2.24, 2.45) is 0 Å². The quantitative estimate of drug-likeness (QED) is 0.731. The number of thiol groups is 1. The van der Waals surface area contributed by atoms with Crippen LogP contribution in [0.15, 0.2) is 23.1 Å². The second-order valence-electron chi connectivity index (χ2n) is 4.15. The van der Waals surface area contributed by atoms with Crippen LogP contribution in [0.5, 0.6) is 0 Å². The normalized spacial score (nSPS) is 11.8. The van der Waals surface area contributed by atoms with Crippen LogP contribution in [0.4, 0.5) is 0 Å². The SMILES string of the molecule is CCCNC(=O)C(C)NC(=O)c1cc(S)ccc1Cl. The minimum Gasteiger partial charge on any atom is -0.354 e. The lowest BCUT2D eigenvalue weighted by molar-refractivity contribution is -0.122. The molecule has 19 heavy (non-hydrogen) atoms. The zero-order chi connectivity index (χ0) is 14.4. The summed E-state index contributed by atoms with van der Waals surface area (Å²) >= 11 is 10.1. The van der Waals surface area contributed by atoms with E-state index in [9.17, 15) is 9.59 Å². The number of carbonyl (C=O) groups is 2. The molecule has 6 heteroatoms. The first-order valence-corrected chi connectivity index (χ1v) is 6.85. The van der Waals surface area contributed by atoms with Crippen LogP contribution < -0.4 is 10.6 Å². The first-order chi connectivity index (χ1) is 8.95. The summed E-state index contributed by atoms with van der Waals surface area (Å²) in [5.41, 5.74) is 0.310. The van der Waals surface area contributed by atoms with Crippen molar-refractivity contribution in [1.82, 2.24) is 10.6 Å². The fourth-order valence-electron chi connectivity index (χ4n) is 1.43. The molecule has 0 aliphatic heterocycles. The smallest absolute Gasteiger partial charge is 0.253 e. The minimum atomic E-state index is -0.612. The van der Waals surface area contributed by atoms with Gasteiger partial charge in [0.05, 0.1) is 10.6 Å². The molecule has 0 radical (unpaired) electrons. The first-order valence-electron chi connectivity index (χ1n) is 6.02. The van der Waals surface area contributed by atoms with E-state index in [1.165, 1.54) is 0 Å². The molecule has 0 aromatic heterocycles. The zero-order valence-electron chi connectivity index (χ0n) is 10.9. The van der Waals surface area contributed by atoms with Gasteiger partial charge in [-0.25, -0.2) is 0 Å². The highest BCUT2D eigenvalue weighted by atomic mass is 35.5. The summed E-state index contributed by atoms with van der Waals surface area (Å²) in [6.07, 6.45) is 0.847. The molecule has 1 aromatic carbocycles. The van der Waals surface area contributed by atoms with Gasteiger partial charge in [-0.2, -0.15) is 0 Å². The summed E-state index contributed by atoms with van der Waals surface area (Å²) in [6.45, 7) is 4.18. The van der Waals surface area contributed by atoms with Crippen LogP contribution in [0.1, 0.15) is 30.6 Å². The standard InChI is InChI=1S/C13H17ClN2O2S/c1-3-6-15-12(17)8(2)16-13(18)10-7-9(19)4-5-11(10)14/h4-5,7-8,19H,3,6H2,1-2H3,(H,15,17)(H,16,18). The number of benzene rings is 1. The van der Waals surface area contributed by atoms with Gasteiger partial charge in [-0.1, -0.05) is 18.5 Å². The largest absolute Gasteiger partial charge is 0.354 e. The maximum atomic E-state index is 12.0. The highest BCUT2D eigenvalue weighted by Gasteiger charge is 2.17. The van der Waals surface area contributed by atoms with Gasteiger partial charge in [0.2, 0.25) is 5.91 Å². The Morgan fingerprint density at radius 2 is 2.11 bits per heavy atom. The van der Waals surface area contributed by atoms with E-state index >= 15 is 0 Å². The molecular formula is C13H17ClN2O2S. The molecule has 1 atom stereocenters. The van der Waals surface area contributed by atoms with E-state index in [2.05, 4.69) is 23.3 Å². The summed E-state index contributed by atoms with van der Waals surface area (Å²) < 4.78 is 0. The number of halogens is 1. The second-order valence-corrected chi connectivity index (χ2v) is 5.07. The fraction of sp³-hybridized carbons (Fsp3) is 0.385. The third-order valence-electron chi connectivity index (χ3n) is 2.48. The van der Waals surface area contributed by atoms with Gasteiger partial charge in [0.25, 0.3) is 5.91 Å². The molecule has 0 fully saturated rings. The highest BCUT2D eigenvalue weighted by molar-refractivity contribution is 7.80. The van der Waals surface area contributed by atoms with E-state index < -0.39 is 6.04 Å². The van der Waals surface area contributed by atoms with Crippen LogP contribution in [0.3, 0.4) is 0 Å². The van der Waals surface area contributed by atoms with E-state index in [1.54, 1.807) is 25.1 Å². The Hall–Kier alpha value is -1.20. The van der Waals surface area contributed by atoms with Gasteiger partial charge < -0.3 is 10.6 Å². The molecule has 0 spiro atoms. The van der Waals surface area contributed by atoms with Gasteiger partial charge in [0, 0.05) is 11.4 Å². The van der Waals surface area contributed by atoms with Gasteiger partial charge in [-0.3, -0.25) is 9.59 Å². The lowest BCUT2D eigenvalue weighted by Gasteiger charge is -2.14. The number of hydrogen-bond donors (Lipinski definition) is 3. The Morgan fingerprint density at radius 1 is 1.42 bits per heavy atom. The number of carbonyl (C=O) groups excluding carboxylic acids is 2. The Labute approximate surface area is 123 Å². The third kappa shape index (κ3) is 4.76. The molecule has 2 amide bonds. The Balaban J connectivity index is 2.68. The van der Waals surface area contributed by atoms with Crippen molar-refractivity contribution in [3.8, 4) is 0 Å². The summed E-state index contributed by atoms with van der Waals surface area (Å²) in [7, 11) is 0. The molecule has 0 bridgehead atoms. The molecule has 1 aromatic rings. The van der Waals surface area contributed by atoms with Crippen LogP contribution in [-0.4, -0.2) is 24.4 Å². The fourth-order valence-corrected chi connectivity index (χ4v) is 1.84. The number of hydrogen-bond acceptors (Lipinski definition) is 3. The van der Waals surface area contributed by atoms with E-state index in [-0.39, 0.29) is 11.8 Å². The lowest BCUT2D eigenvalue weighted by Crippen LogP contribution is -2.45. The van der Waals surface area contributed by atoms with Crippen LogP contribution in [0.25, 0.3) is 0 Å². The number of rotatable bonds is 5. The number of nitrogens with one attached hydrogen (secondary N) is 2. The molecule has 1 rings (SSSR count). The predicted molar refractivity (Wildman–Crippen MR) is 78.9 cm³/mol. The van der Waals surface area contributed by atoms with Crippen molar-refractivity contribution in [1.29, 1.82) is 0 Å². The summed E-state index contributed by atoms with van der Waals surface area (Å²) in [4.78, 5) is 24.3. The van der Waals surface area contributed by atoms with Gasteiger partial charge in [0.1, 0.15) is 6.04 Å². The van der Waals surface area contributed by atoms with Gasteiger partial charge in [0.15, 0.2) is 0 Å². The Bertz CT molecular complexity index is 480. The Kier molecular flexibility index (Phi) is 6.18. The van der Waals surface area contributed by atoms with Crippen molar-refractivity contribution >= 4 is 36.0 Å². The summed E-state index contributed by atoms with van der Waals surface area (Å²) in [5.74, 6) is -0.603. The highest BCUT2D eigenvalue weighted by Crippen LogP contribution is 2.19. The Morgan fingerprint density at radius 3 is 2.74 bits per heavy atom. The zero-order valence-corrected chi connectivity index (χ0v) is 12.5. The van der Waals surface area contributed by atoms with Crippen LogP contribution in [0, 0.1) is 0 Å². The summed E-state index contributed by atoms with van der Waals surface area (Å²) in [6, 6.07) is 4.25. The average molecular weight is 301 g/mol. The van der Waals surface area contributed by atoms with E-state index in [0.29, 0.717) is 22.0 Å². The van der Waals surface area contributed by atoms with Crippen LogP contribution >= 0.6 is 24.2 Å². The van der Waals surface area contributed by atoms with Crippen molar-refractivity contribution in [2.75, 3.05) is 6.54 Å². The van der Waals surface area contributed by atoms with E-state index in [4.69, 9.17) is 11.6 Å². The average Bonchev–Trinajstić information content (AvgIpc) is 2.38. The van der Waals surface area contributed by atoms with E-state index in [0.717, 1.165) is 6.42 Å². The molecule has 2 N–H and O–H groups in total. The maximum absolute atomic E-state index is 12.0. The summed E-state index contributed by atoms with van der Waals surface area (Å²) in [5, 5.41) is 5.65. The van der Waals surface area contributed by atoms with Crippen molar-refractivity contribution < 1.29 is 9.59 Å². The third-order valence-corrected chi connectivity index (χ3v) is 3.09. The van der Waals surface area contributed by atoms with Gasteiger partial charge in [-0.15, -0.1) is 12.6 Å². The van der Waals surface area contributed by atoms with Crippen LogP contribution in [-0.2, 0) is 4.79 Å². The monoisotopic (exact) mass is 300 g/mol. The molecule has 0 saturated heterocycles. The van der Waals surface area contributed by atoms with Crippen LogP contribution in [0.2, 0.25) is 5.02 Å². The van der Waals surface area contributed by atoms with Gasteiger partial charge >= 0.3 is 0 Å². The first kappa shape index (κ1) is 15.9. The molecule has 104 valence electrons. The molecular weight excluding hydrogens is 284 g/mol. The molecule has 0 heterocycles. The molecule has 0 saturated carbocycles. The predicted octanol–water partition coefficient (Wildman–Crippen LogP) is 2.27. The molecule has 1 unspecified atom stereocenters. The van der Waals surface area contributed by atoms with Gasteiger partial charge in [-0.05, 0) is 31.5 Å². The molecule has 4 nitrogen and oxygen atoms in total. The topological polar surface area (TPSA) is 58.2 Å². The second kappa shape index (κ2) is 7.40. The van der Waals surface area contributed by atoms with Crippen molar-refractivity contribution in [2.45, 2.75) is 31.2 Å². The van der Waals surface area contributed by atoms with Crippen molar-refractivity contribution in [3.05, 3.63) is 28.8 Å². The molecule has 0 aliphatic carbocycles. The molecule has 0 aliphatic rings. The van der Waals surface area contributed by atoms with Crippen molar-refractivity contribution in [3.63, 3.8) is 0 Å². The lowest BCUT2D eigenvalue weighted by atomic mass is 10.2. The maximum Gasteiger partial charge on any atom is 0.253 e.